The molecule has 4 rings (SSSR count). The topological polar surface area (TPSA) is 134 Å². The van der Waals surface area contributed by atoms with E-state index in [9.17, 15) is 41.5 Å². The Bertz CT molecular complexity index is 1580. The zero-order valence-electron chi connectivity index (χ0n) is 21.0. The van der Waals surface area contributed by atoms with Crippen LogP contribution in [0.2, 0.25) is 0 Å². The Morgan fingerprint density at radius 2 is 1.82 bits per heavy atom. The first kappa shape index (κ1) is 28.3. The van der Waals surface area contributed by atoms with Gasteiger partial charge in [-0.1, -0.05) is 19.9 Å². The fraction of sp³-hybridized carbons (Fsp3) is 0.269. The van der Waals surface area contributed by atoms with Crippen molar-refractivity contribution in [3.63, 3.8) is 0 Å². The summed E-state index contributed by atoms with van der Waals surface area (Å²) in [7, 11) is 0. The third-order valence-electron chi connectivity index (χ3n) is 6.62. The number of aromatic nitrogens is 2. The van der Waals surface area contributed by atoms with Crippen molar-refractivity contribution in [2.24, 2.45) is 11.7 Å². The molecule has 0 radical (unpaired) electrons. The second-order valence-electron chi connectivity index (χ2n) is 9.31. The Balaban J connectivity index is 2.08. The van der Waals surface area contributed by atoms with Crippen LogP contribution in [0.5, 0.6) is 11.6 Å². The van der Waals surface area contributed by atoms with Gasteiger partial charge in [0, 0.05) is 5.69 Å². The van der Waals surface area contributed by atoms with Crippen molar-refractivity contribution in [2.45, 2.75) is 38.7 Å². The smallest absolute Gasteiger partial charge is 0.478 e. The predicted octanol–water partition coefficient (Wildman–Crippen LogP) is 6.03. The van der Waals surface area contributed by atoms with Crippen LogP contribution in [0, 0.1) is 24.2 Å². The zero-order chi connectivity index (χ0) is 29.8. The number of carboxylic acid groups (broad SMARTS) is 1. The van der Waals surface area contributed by atoms with Gasteiger partial charge in [-0.25, -0.2) is 4.79 Å². The van der Waals surface area contributed by atoms with Crippen LogP contribution < -0.4 is 15.2 Å². The van der Waals surface area contributed by atoms with E-state index >= 15 is 0 Å². The number of nitrogens with zero attached hydrogens (tertiary/aromatic N) is 2. The Labute approximate surface area is 222 Å². The number of hydrogen-bond donors (Lipinski definition) is 3. The number of nitriles is 1. The molecule has 0 spiro atoms. The predicted molar refractivity (Wildman–Crippen MR) is 127 cm³/mol. The van der Waals surface area contributed by atoms with E-state index in [-0.39, 0.29) is 39.6 Å². The number of allylic oxidation sites excluding steroid dienone is 1. The molecule has 1 aromatic heterocycles. The number of ether oxygens (including phenoxy) is 2. The minimum Gasteiger partial charge on any atom is -0.478 e. The van der Waals surface area contributed by atoms with Gasteiger partial charge in [-0.15, -0.1) is 18.3 Å². The number of nitrogens with one attached hydrogen (secondary N) is 1. The number of halogens is 6. The van der Waals surface area contributed by atoms with E-state index in [0.717, 1.165) is 24.3 Å². The average Bonchev–Trinajstić information content (AvgIpc) is 3.21. The van der Waals surface area contributed by atoms with Gasteiger partial charge in [-0.05, 0) is 59.9 Å². The summed E-state index contributed by atoms with van der Waals surface area (Å²) in [5, 5.41) is 26.3. The fourth-order valence-corrected chi connectivity index (χ4v) is 5.04. The Hall–Kier alpha value is -4.67. The number of carboxylic acids is 1. The summed E-state index contributed by atoms with van der Waals surface area (Å²) in [4.78, 5) is 11.7. The molecule has 0 aliphatic carbocycles. The van der Waals surface area contributed by atoms with Gasteiger partial charge in [-0.3, -0.25) is 5.10 Å². The molecule has 0 bridgehead atoms. The third-order valence-corrected chi connectivity index (χ3v) is 6.62. The number of aromatic amines is 1. The Morgan fingerprint density at radius 3 is 2.38 bits per heavy atom. The van der Waals surface area contributed by atoms with Crippen LogP contribution in [-0.2, 0) is 11.6 Å². The zero-order valence-corrected chi connectivity index (χ0v) is 21.0. The lowest BCUT2D eigenvalue weighted by Crippen LogP contribution is -2.41. The molecule has 3 aromatic rings. The lowest BCUT2D eigenvalue weighted by molar-refractivity contribution is -0.274. The molecule has 1 atom stereocenters. The Morgan fingerprint density at radius 1 is 1.15 bits per heavy atom. The first-order valence-corrected chi connectivity index (χ1v) is 11.5. The lowest BCUT2D eigenvalue weighted by atomic mass is 9.61. The summed E-state index contributed by atoms with van der Waals surface area (Å²) < 4.78 is 90.3. The van der Waals surface area contributed by atoms with Crippen LogP contribution in [0.15, 0.2) is 47.9 Å². The van der Waals surface area contributed by atoms with Crippen LogP contribution in [0.3, 0.4) is 0 Å². The molecule has 40 heavy (non-hydrogen) atoms. The molecule has 1 unspecified atom stereocenters. The highest BCUT2D eigenvalue weighted by Crippen LogP contribution is 2.53. The minimum atomic E-state index is -5.21. The molecule has 14 heteroatoms. The van der Waals surface area contributed by atoms with Gasteiger partial charge in [0.15, 0.2) is 0 Å². The van der Waals surface area contributed by atoms with E-state index in [2.05, 4.69) is 14.9 Å². The summed E-state index contributed by atoms with van der Waals surface area (Å²) in [6.07, 6.45) is -10.1. The molecule has 0 saturated carbocycles. The van der Waals surface area contributed by atoms with Gasteiger partial charge in [0.1, 0.15) is 23.0 Å². The molecular weight excluding hydrogens is 546 g/mol. The SMILES string of the molecule is Cc1[nH]nc2c1C(c1cc(-c3ccc(OC(F)(F)F)c(C(=O)O)c3)cc(C(F)(F)F)c1)(C(C)C)C(C#N)=C(N)O2. The highest BCUT2D eigenvalue weighted by atomic mass is 19.4. The molecule has 0 fully saturated rings. The van der Waals surface area contributed by atoms with Crippen molar-refractivity contribution in [3.8, 4) is 28.8 Å². The summed E-state index contributed by atoms with van der Waals surface area (Å²) in [5.41, 5.74) is 2.48. The second kappa shape index (κ2) is 9.51. The average molecular weight is 566 g/mol. The van der Waals surface area contributed by atoms with Crippen LogP contribution >= 0.6 is 0 Å². The summed E-state index contributed by atoms with van der Waals surface area (Å²) in [6.45, 7) is 4.92. The maximum absolute atomic E-state index is 14.2. The molecule has 1 aliphatic heterocycles. The highest BCUT2D eigenvalue weighted by Gasteiger charge is 2.51. The van der Waals surface area contributed by atoms with E-state index < -0.39 is 46.7 Å². The largest absolute Gasteiger partial charge is 0.573 e. The number of aromatic carboxylic acids is 1. The maximum Gasteiger partial charge on any atom is 0.573 e. The number of fused-ring (bicyclic) bond motifs is 1. The van der Waals surface area contributed by atoms with Crippen molar-refractivity contribution in [3.05, 3.63) is 75.8 Å². The molecule has 0 amide bonds. The molecule has 2 aromatic carbocycles. The second-order valence-corrected chi connectivity index (χ2v) is 9.31. The molecule has 0 saturated heterocycles. The number of nitrogens with two attached hydrogens (primary N) is 1. The standard InChI is InChI=1S/C26H20F6N4O4/c1-11(2)24(18(10-33)21(34)39-22-20(24)12(3)35-36-22)15-6-14(7-16(9-15)25(27,28)29)13-4-5-19(40-26(30,31)32)17(8-13)23(37)38/h4-9,11H,34H2,1-3H3,(H,35,36)(H,37,38). The highest BCUT2D eigenvalue weighted by molar-refractivity contribution is 5.93. The van der Waals surface area contributed by atoms with Gasteiger partial charge in [-0.2, -0.15) is 18.4 Å². The molecule has 2 heterocycles. The van der Waals surface area contributed by atoms with E-state index in [0.29, 0.717) is 11.8 Å². The van der Waals surface area contributed by atoms with E-state index in [1.807, 2.05) is 6.07 Å². The molecule has 210 valence electrons. The minimum absolute atomic E-state index is 0.0384. The van der Waals surface area contributed by atoms with Gasteiger partial charge in [0.25, 0.3) is 0 Å². The monoisotopic (exact) mass is 566 g/mol. The number of rotatable bonds is 5. The summed E-state index contributed by atoms with van der Waals surface area (Å²) in [6, 6.07) is 7.31. The van der Waals surface area contributed by atoms with Gasteiger partial charge < -0.3 is 20.3 Å². The van der Waals surface area contributed by atoms with Crippen LogP contribution in [0.4, 0.5) is 26.3 Å². The first-order chi connectivity index (χ1) is 18.5. The molecule has 1 aliphatic rings. The molecular formula is C26H20F6N4O4. The van der Waals surface area contributed by atoms with E-state index in [1.54, 1.807) is 20.8 Å². The van der Waals surface area contributed by atoms with E-state index in [4.69, 9.17) is 10.5 Å². The number of aryl methyl sites for hydroxylation is 1. The van der Waals surface area contributed by atoms with Crippen molar-refractivity contribution in [1.29, 1.82) is 5.26 Å². The van der Waals surface area contributed by atoms with Crippen molar-refractivity contribution < 1.29 is 45.7 Å². The number of benzene rings is 2. The lowest BCUT2D eigenvalue weighted by Gasteiger charge is -2.41. The number of H-pyrrole nitrogens is 1. The normalized spacial score (nSPS) is 17.3. The van der Waals surface area contributed by atoms with Gasteiger partial charge in [0.2, 0.25) is 11.8 Å². The van der Waals surface area contributed by atoms with Crippen LogP contribution in [-0.4, -0.2) is 27.6 Å². The van der Waals surface area contributed by atoms with Crippen molar-refractivity contribution in [2.75, 3.05) is 0 Å². The maximum atomic E-state index is 14.2. The summed E-state index contributed by atoms with van der Waals surface area (Å²) in [5.74, 6) is -3.84. The number of carbonyl (C=O) groups is 1. The van der Waals surface area contributed by atoms with Crippen molar-refractivity contribution in [1.82, 2.24) is 10.2 Å². The number of hydrogen-bond acceptors (Lipinski definition) is 6. The van der Waals surface area contributed by atoms with Crippen LogP contribution in [0.25, 0.3) is 11.1 Å². The Kier molecular flexibility index (Phi) is 6.74. The molecule has 8 nitrogen and oxygen atoms in total. The van der Waals surface area contributed by atoms with Crippen molar-refractivity contribution >= 4 is 5.97 Å². The first-order valence-electron chi connectivity index (χ1n) is 11.5. The van der Waals surface area contributed by atoms with Crippen LogP contribution in [0.1, 0.15) is 46.6 Å². The van der Waals surface area contributed by atoms with Gasteiger partial charge in [0.05, 0.1) is 16.5 Å². The van der Waals surface area contributed by atoms with Gasteiger partial charge >= 0.3 is 18.5 Å². The fourth-order valence-electron chi connectivity index (χ4n) is 5.04. The number of alkyl halides is 6. The van der Waals surface area contributed by atoms with E-state index in [1.165, 1.54) is 6.07 Å². The summed E-state index contributed by atoms with van der Waals surface area (Å²) >= 11 is 0. The third kappa shape index (κ3) is 4.67. The quantitative estimate of drug-likeness (QED) is 0.321. The molecule has 4 N–H and O–H groups in total.